The molecule has 6 nitrogen and oxygen atoms in total. The summed E-state index contributed by atoms with van der Waals surface area (Å²) in [6.07, 6.45) is 51.5. The van der Waals surface area contributed by atoms with Crippen LogP contribution in [0.4, 0.5) is 0 Å². The van der Waals surface area contributed by atoms with Crippen molar-refractivity contribution < 1.29 is 28.6 Å². The van der Waals surface area contributed by atoms with Gasteiger partial charge in [0.1, 0.15) is 13.2 Å². The number of carbonyl (C=O) groups is 3. The average Bonchev–Trinajstić information content (AvgIpc) is 3.21. The van der Waals surface area contributed by atoms with Gasteiger partial charge < -0.3 is 14.2 Å². The number of carbonyl (C=O) groups excluding carboxylic acids is 3. The van der Waals surface area contributed by atoms with Crippen LogP contribution in [-0.4, -0.2) is 37.2 Å². The number of esters is 3. The molecule has 0 bridgehead atoms. The number of rotatable bonds is 45. The molecule has 0 aliphatic rings. The molecule has 0 rings (SSSR count). The van der Waals surface area contributed by atoms with Crippen molar-refractivity contribution in [1.82, 2.24) is 0 Å². The van der Waals surface area contributed by atoms with Crippen LogP contribution < -0.4 is 0 Å². The Morgan fingerprint density at radius 1 is 0.351 bits per heavy atom. The van der Waals surface area contributed by atoms with E-state index in [1.807, 2.05) is 0 Å². The van der Waals surface area contributed by atoms with Crippen LogP contribution in [0.3, 0.4) is 0 Å². The standard InChI is InChI=1S/C51H94O6/c1-4-7-10-13-16-19-22-24-25-27-30-33-36-39-42-45-51(54)57-48(46-55-49(52)43-40-37-34-31-28-21-18-15-12-9-6-3)47-56-50(53)44-41-38-35-32-29-26-23-20-17-14-11-8-5-2/h16,19,24-25,48H,4-15,17-18,20-23,26-47H2,1-3H3/b19-16-,25-24-. The molecule has 0 spiro atoms. The Balaban J connectivity index is 4.36. The van der Waals surface area contributed by atoms with Crippen molar-refractivity contribution in [2.75, 3.05) is 13.2 Å². The SMILES string of the molecule is CCCCC/C=C\C/C=C\CCCCCCCC(=O)OC(COC(=O)CCCCCCCCCCCCC)COC(=O)CCCCCCCCCCCCCCC. The highest BCUT2D eigenvalue weighted by molar-refractivity contribution is 5.71. The summed E-state index contributed by atoms with van der Waals surface area (Å²) in [5.41, 5.74) is 0. The maximum absolute atomic E-state index is 12.8. The lowest BCUT2D eigenvalue weighted by Crippen LogP contribution is -2.30. The molecule has 0 fully saturated rings. The molecule has 0 saturated carbocycles. The molecule has 334 valence electrons. The van der Waals surface area contributed by atoms with Gasteiger partial charge in [-0.1, -0.05) is 218 Å². The molecule has 0 aliphatic carbocycles. The lowest BCUT2D eigenvalue weighted by molar-refractivity contribution is -0.167. The van der Waals surface area contributed by atoms with Crippen LogP contribution in [0, 0.1) is 0 Å². The predicted molar refractivity (Wildman–Crippen MR) is 243 cm³/mol. The third-order valence-electron chi connectivity index (χ3n) is 11.0. The summed E-state index contributed by atoms with van der Waals surface area (Å²) in [6.45, 7) is 6.61. The fourth-order valence-electron chi connectivity index (χ4n) is 7.18. The van der Waals surface area contributed by atoms with E-state index in [0.717, 1.165) is 77.0 Å². The van der Waals surface area contributed by atoms with Gasteiger partial charge in [0, 0.05) is 19.3 Å². The number of unbranched alkanes of at least 4 members (excludes halogenated alkanes) is 30. The monoisotopic (exact) mass is 803 g/mol. The zero-order valence-electron chi connectivity index (χ0n) is 38.1. The molecule has 0 aromatic carbocycles. The summed E-state index contributed by atoms with van der Waals surface area (Å²) < 4.78 is 16.8. The van der Waals surface area contributed by atoms with Gasteiger partial charge in [0.2, 0.25) is 0 Å². The molecule has 0 aliphatic heterocycles. The van der Waals surface area contributed by atoms with Crippen molar-refractivity contribution in [3.05, 3.63) is 24.3 Å². The molecular weight excluding hydrogens is 709 g/mol. The molecule has 0 aromatic heterocycles. The zero-order valence-corrected chi connectivity index (χ0v) is 38.1. The van der Waals surface area contributed by atoms with Gasteiger partial charge in [-0.15, -0.1) is 0 Å². The predicted octanol–water partition coefficient (Wildman–Crippen LogP) is 16.0. The van der Waals surface area contributed by atoms with Crippen LogP contribution in [0.15, 0.2) is 24.3 Å². The summed E-state index contributed by atoms with van der Waals surface area (Å²) in [5.74, 6) is -0.876. The molecule has 1 unspecified atom stereocenters. The minimum Gasteiger partial charge on any atom is -0.462 e. The largest absolute Gasteiger partial charge is 0.462 e. The Kier molecular flexibility index (Phi) is 44.9. The molecule has 57 heavy (non-hydrogen) atoms. The van der Waals surface area contributed by atoms with Crippen LogP contribution in [0.25, 0.3) is 0 Å². The lowest BCUT2D eigenvalue weighted by atomic mass is 10.0. The molecule has 0 N–H and O–H groups in total. The van der Waals surface area contributed by atoms with Gasteiger partial charge in [0.25, 0.3) is 0 Å². The second kappa shape index (κ2) is 46.6. The summed E-state index contributed by atoms with van der Waals surface area (Å²) >= 11 is 0. The highest BCUT2D eigenvalue weighted by atomic mass is 16.6. The van der Waals surface area contributed by atoms with Gasteiger partial charge in [-0.25, -0.2) is 0 Å². The Hall–Kier alpha value is -2.11. The van der Waals surface area contributed by atoms with E-state index in [2.05, 4.69) is 45.1 Å². The molecule has 0 aromatic rings. The molecule has 0 saturated heterocycles. The van der Waals surface area contributed by atoms with Crippen molar-refractivity contribution >= 4 is 17.9 Å². The number of ether oxygens (including phenoxy) is 3. The lowest BCUT2D eigenvalue weighted by Gasteiger charge is -2.18. The van der Waals surface area contributed by atoms with Gasteiger partial charge in [0.15, 0.2) is 6.10 Å². The van der Waals surface area contributed by atoms with E-state index in [4.69, 9.17) is 14.2 Å². The topological polar surface area (TPSA) is 78.9 Å². The van der Waals surface area contributed by atoms with E-state index in [-0.39, 0.29) is 31.1 Å². The van der Waals surface area contributed by atoms with Crippen LogP contribution in [0.5, 0.6) is 0 Å². The van der Waals surface area contributed by atoms with Crippen molar-refractivity contribution in [3.63, 3.8) is 0 Å². The maximum atomic E-state index is 12.8. The number of allylic oxidation sites excluding steroid dienone is 4. The van der Waals surface area contributed by atoms with Gasteiger partial charge in [0.05, 0.1) is 0 Å². The normalized spacial score (nSPS) is 12.1. The number of hydrogen-bond donors (Lipinski definition) is 0. The molecule has 0 radical (unpaired) electrons. The molecule has 0 amide bonds. The van der Waals surface area contributed by atoms with Crippen molar-refractivity contribution in [2.24, 2.45) is 0 Å². The molecule has 6 heteroatoms. The van der Waals surface area contributed by atoms with E-state index in [0.29, 0.717) is 19.3 Å². The summed E-state index contributed by atoms with van der Waals surface area (Å²) in [7, 11) is 0. The third kappa shape index (κ3) is 44.8. The quantitative estimate of drug-likeness (QED) is 0.0264. The number of hydrogen-bond acceptors (Lipinski definition) is 6. The first-order valence-electron chi connectivity index (χ1n) is 24.8. The highest BCUT2D eigenvalue weighted by Crippen LogP contribution is 2.15. The highest BCUT2D eigenvalue weighted by Gasteiger charge is 2.19. The summed E-state index contributed by atoms with van der Waals surface area (Å²) in [4.78, 5) is 37.8. The first kappa shape index (κ1) is 54.9. The smallest absolute Gasteiger partial charge is 0.306 e. The minimum absolute atomic E-state index is 0.0725. The van der Waals surface area contributed by atoms with E-state index >= 15 is 0 Å². The average molecular weight is 803 g/mol. The Bertz CT molecular complexity index is 927. The molecule has 1 atom stereocenters. The van der Waals surface area contributed by atoms with Crippen molar-refractivity contribution in [1.29, 1.82) is 0 Å². The Morgan fingerprint density at radius 3 is 1.00 bits per heavy atom. The third-order valence-corrected chi connectivity index (χ3v) is 11.0. The van der Waals surface area contributed by atoms with E-state index < -0.39 is 6.10 Å². The summed E-state index contributed by atoms with van der Waals surface area (Å²) in [6, 6.07) is 0. The Labute approximate surface area is 353 Å². The van der Waals surface area contributed by atoms with Crippen LogP contribution >= 0.6 is 0 Å². The Morgan fingerprint density at radius 2 is 0.632 bits per heavy atom. The van der Waals surface area contributed by atoms with Crippen LogP contribution in [0.1, 0.15) is 265 Å². The van der Waals surface area contributed by atoms with Crippen molar-refractivity contribution in [2.45, 2.75) is 271 Å². The minimum atomic E-state index is -0.771. The summed E-state index contributed by atoms with van der Waals surface area (Å²) in [5, 5.41) is 0. The van der Waals surface area contributed by atoms with E-state index in [9.17, 15) is 14.4 Å². The second-order valence-corrected chi connectivity index (χ2v) is 16.7. The van der Waals surface area contributed by atoms with E-state index in [1.54, 1.807) is 0 Å². The molecule has 0 heterocycles. The fourth-order valence-corrected chi connectivity index (χ4v) is 7.18. The first-order chi connectivity index (χ1) is 28.0. The maximum Gasteiger partial charge on any atom is 0.306 e. The first-order valence-corrected chi connectivity index (χ1v) is 24.8. The molecular formula is C51H94O6. The van der Waals surface area contributed by atoms with Crippen molar-refractivity contribution in [3.8, 4) is 0 Å². The zero-order chi connectivity index (χ0) is 41.5. The van der Waals surface area contributed by atoms with Gasteiger partial charge in [-0.2, -0.15) is 0 Å². The van der Waals surface area contributed by atoms with Crippen LogP contribution in [0.2, 0.25) is 0 Å². The van der Waals surface area contributed by atoms with E-state index in [1.165, 1.54) is 148 Å². The van der Waals surface area contributed by atoms with Gasteiger partial charge >= 0.3 is 17.9 Å². The second-order valence-electron chi connectivity index (χ2n) is 16.7. The van der Waals surface area contributed by atoms with Crippen LogP contribution in [-0.2, 0) is 28.6 Å². The van der Waals surface area contributed by atoms with Gasteiger partial charge in [-0.05, 0) is 51.4 Å². The fraction of sp³-hybridized carbons (Fsp3) is 0.863. The van der Waals surface area contributed by atoms with Gasteiger partial charge in [-0.3, -0.25) is 14.4 Å².